The van der Waals surface area contributed by atoms with Gasteiger partial charge in [0, 0.05) is 6.54 Å². The van der Waals surface area contributed by atoms with Crippen LogP contribution in [-0.4, -0.2) is 27.4 Å². The van der Waals surface area contributed by atoms with E-state index in [1.807, 2.05) is 19.9 Å². The molecule has 0 aliphatic rings. The second kappa shape index (κ2) is 7.76. The summed E-state index contributed by atoms with van der Waals surface area (Å²) in [5.41, 5.74) is 0.904. The average Bonchev–Trinajstić information content (AvgIpc) is 2.42. The predicted octanol–water partition coefficient (Wildman–Crippen LogP) is 0.750. The monoisotopic (exact) mass is 309 g/mol. The molecule has 7 heteroatoms. The number of nitrogens with one attached hydrogen (secondary N) is 2. The number of benzene rings is 1. The van der Waals surface area contributed by atoms with Gasteiger partial charge in [0.15, 0.2) is 0 Å². The number of carbonyl (C=O) groups is 1. The first-order valence-electron chi connectivity index (χ1n) is 6.55. The second-order valence-electron chi connectivity index (χ2n) is 5.09. The topological polar surface area (TPSA) is 99.1 Å². The first-order chi connectivity index (χ1) is 9.82. The molecule has 0 unspecified atom stereocenters. The molecule has 0 aliphatic heterocycles. The molecule has 0 spiro atoms. The molecular weight excluding hydrogens is 290 g/mol. The Kier molecular flexibility index (Phi) is 6.34. The highest BCUT2D eigenvalue weighted by molar-refractivity contribution is 7.88. The maximum absolute atomic E-state index is 11.9. The SMILES string of the molecule is CC(C)CNC(=O)CNS(=O)(=O)Cc1cccc(C#N)c1. The Morgan fingerprint density at radius 1 is 1.38 bits per heavy atom. The molecule has 1 rings (SSSR count). The molecule has 0 bridgehead atoms. The number of amides is 1. The number of hydrogen-bond donors (Lipinski definition) is 2. The minimum absolute atomic E-state index is 0.264. The van der Waals surface area contributed by atoms with Gasteiger partial charge in [-0.1, -0.05) is 26.0 Å². The lowest BCUT2D eigenvalue weighted by atomic mass is 10.2. The molecule has 6 nitrogen and oxygen atoms in total. The number of carbonyl (C=O) groups excluding carboxylic acids is 1. The van der Waals surface area contributed by atoms with E-state index in [1.54, 1.807) is 18.2 Å². The molecule has 114 valence electrons. The van der Waals surface area contributed by atoms with Crippen LogP contribution in [0.1, 0.15) is 25.0 Å². The lowest BCUT2D eigenvalue weighted by molar-refractivity contribution is -0.120. The summed E-state index contributed by atoms with van der Waals surface area (Å²) in [6, 6.07) is 8.31. The van der Waals surface area contributed by atoms with Gasteiger partial charge in [-0.2, -0.15) is 5.26 Å². The molecule has 0 aliphatic carbocycles. The second-order valence-corrected chi connectivity index (χ2v) is 6.90. The fraction of sp³-hybridized carbons (Fsp3) is 0.429. The van der Waals surface area contributed by atoms with Gasteiger partial charge in [0.05, 0.1) is 23.9 Å². The van der Waals surface area contributed by atoms with Crippen molar-refractivity contribution in [3.8, 4) is 6.07 Å². The van der Waals surface area contributed by atoms with E-state index >= 15 is 0 Å². The highest BCUT2D eigenvalue weighted by Gasteiger charge is 2.13. The number of sulfonamides is 1. The summed E-state index contributed by atoms with van der Waals surface area (Å²) >= 11 is 0. The van der Waals surface area contributed by atoms with E-state index in [9.17, 15) is 13.2 Å². The summed E-state index contributed by atoms with van der Waals surface area (Å²) < 4.78 is 26.0. The molecule has 0 atom stereocenters. The van der Waals surface area contributed by atoms with Crippen LogP contribution in [0.15, 0.2) is 24.3 Å². The Morgan fingerprint density at radius 3 is 2.71 bits per heavy atom. The zero-order valence-corrected chi connectivity index (χ0v) is 12.9. The summed E-state index contributed by atoms with van der Waals surface area (Å²) in [7, 11) is -3.61. The minimum atomic E-state index is -3.61. The number of nitrogens with zero attached hydrogens (tertiary/aromatic N) is 1. The molecule has 1 amide bonds. The summed E-state index contributed by atoms with van der Waals surface area (Å²) in [5, 5.41) is 11.4. The highest BCUT2D eigenvalue weighted by Crippen LogP contribution is 2.07. The van der Waals surface area contributed by atoms with Gasteiger partial charge in [-0.3, -0.25) is 4.79 Å². The molecular formula is C14H19N3O3S. The highest BCUT2D eigenvalue weighted by atomic mass is 32.2. The van der Waals surface area contributed by atoms with Crippen LogP contribution in [0.3, 0.4) is 0 Å². The first-order valence-corrected chi connectivity index (χ1v) is 8.20. The normalized spacial score (nSPS) is 11.1. The van der Waals surface area contributed by atoms with Crippen molar-refractivity contribution in [2.24, 2.45) is 5.92 Å². The van der Waals surface area contributed by atoms with Gasteiger partial charge in [-0.25, -0.2) is 13.1 Å². The third-order valence-electron chi connectivity index (χ3n) is 2.57. The lowest BCUT2D eigenvalue weighted by Gasteiger charge is -2.09. The Labute approximate surface area is 125 Å². The molecule has 0 saturated heterocycles. The van der Waals surface area contributed by atoms with E-state index in [0.29, 0.717) is 23.6 Å². The third kappa shape index (κ3) is 6.88. The van der Waals surface area contributed by atoms with E-state index < -0.39 is 10.0 Å². The van der Waals surface area contributed by atoms with Crippen molar-refractivity contribution in [1.82, 2.24) is 10.0 Å². The van der Waals surface area contributed by atoms with Gasteiger partial charge >= 0.3 is 0 Å². The number of rotatable bonds is 7. The molecule has 0 fully saturated rings. The first kappa shape index (κ1) is 17.1. The van der Waals surface area contributed by atoms with Crippen molar-refractivity contribution in [3.05, 3.63) is 35.4 Å². The van der Waals surface area contributed by atoms with Crippen LogP contribution in [0.2, 0.25) is 0 Å². The van der Waals surface area contributed by atoms with Crippen molar-refractivity contribution in [2.45, 2.75) is 19.6 Å². The lowest BCUT2D eigenvalue weighted by Crippen LogP contribution is -2.38. The van der Waals surface area contributed by atoms with Crippen molar-refractivity contribution in [3.63, 3.8) is 0 Å². The Hall–Kier alpha value is -1.91. The smallest absolute Gasteiger partial charge is 0.235 e. The van der Waals surface area contributed by atoms with Crippen LogP contribution in [0.5, 0.6) is 0 Å². The summed E-state index contributed by atoms with van der Waals surface area (Å²) in [4.78, 5) is 11.5. The predicted molar refractivity (Wildman–Crippen MR) is 79.6 cm³/mol. The van der Waals surface area contributed by atoms with Crippen LogP contribution in [0.4, 0.5) is 0 Å². The van der Waals surface area contributed by atoms with Crippen LogP contribution in [0.25, 0.3) is 0 Å². The fourth-order valence-electron chi connectivity index (χ4n) is 1.56. The minimum Gasteiger partial charge on any atom is -0.355 e. The number of hydrogen-bond acceptors (Lipinski definition) is 4. The van der Waals surface area contributed by atoms with Crippen LogP contribution in [-0.2, 0) is 20.6 Å². The van der Waals surface area contributed by atoms with Crippen LogP contribution in [0, 0.1) is 17.2 Å². The van der Waals surface area contributed by atoms with Crippen molar-refractivity contribution < 1.29 is 13.2 Å². The maximum atomic E-state index is 11.9. The third-order valence-corrected chi connectivity index (χ3v) is 3.87. The zero-order valence-electron chi connectivity index (χ0n) is 12.1. The van der Waals surface area contributed by atoms with Gasteiger partial charge in [-0.15, -0.1) is 0 Å². The van der Waals surface area contributed by atoms with E-state index in [1.165, 1.54) is 6.07 Å². The van der Waals surface area contributed by atoms with Crippen LogP contribution >= 0.6 is 0 Å². The van der Waals surface area contributed by atoms with E-state index in [-0.39, 0.29) is 18.2 Å². The van der Waals surface area contributed by atoms with E-state index in [2.05, 4.69) is 10.0 Å². The molecule has 0 radical (unpaired) electrons. The Morgan fingerprint density at radius 2 is 2.10 bits per heavy atom. The molecule has 21 heavy (non-hydrogen) atoms. The average molecular weight is 309 g/mol. The van der Waals surface area contributed by atoms with E-state index in [4.69, 9.17) is 5.26 Å². The summed E-state index contributed by atoms with van der Waals surface area (Å²) in [5.74, 6) is -0.322. The van der Waals surface area contributed by atoms with Crippen molar-refractivity contribution in [2.75, 3.05) is 13.1 Å². The van der Waals surface area contributed by atoms with Crippen LogP contribution < -0.4 is 10.0 Å². The Bertz CT molecular complexity index is 633. The zero-order chi connectivity index (χ0) is 15.9. The fourth-order valence-corrected chi connectivity index (χ4v) is 2.63. The molecule has 0 heterocycles. The van der Waals surface area contributed by atoms with Crippen molar-refractivity contribution >= 4 is 15.9 Å². The Balaban J connectivity index is 2.54. The van der Waals surface area contributed by atoms with Gasteiger partial charge < -0.3 is 5.32 Å². The van der Waals surface area contributed by atoms with Gasteiger partial charge in [0.1, 0.15) is 0 Å². The summed E-state index contributed by atoms with van der Waals surface area (Å²) in [6.45, 7) is 4.12. The quantitative estimate of drug-likeness (QED) is 0.776. The summed E-state index contributed by atoms with van der Waals surface area (Å²) in [6.07, 6.45) is 0. The molecule has 2 N–H and O–H groups in total. The van der Waals surface area contributed by atoms with Gasteiger partial charge in [0.2, 0.25) is 15.9 Å². The molecule has 1 aromatic carbocycles. The molecule has 0 aromatic heterocycles. The van der Waals surface area contributed by atoms with E-state index in [0.717, 1.165) is 0 Å². The maximum Gasteiger partial charge on any atom is 0.235 e. The molecule has 0 saturated carbocycles. The largest absolute Gasteiger partial charge is 0.355 e. The number of nitriles is 1. The van der Waals surface area contributed by atoms with Gasteiger partial charge in [0.25, 0.3) is 0 Å². The van der Waals surface area contributed by atoms with Gasteiger partial charge in [-0.05, 0) is 23.6 Å². The molecule has 1 aromatic rings. The van der Waals surface area contributed by atoms with Crippen molar-refractivity contribution in [1.29, 1.82) is 5.26 Å². The standard InChI is InChI=1S/C14H19N3O3S/c1-11(2)8-16-14(18)9-17-21(19,20)10-13-5-3-4-12(6-13)7-15/h3-6,11,17H,8-10H2,1-2H3,(H,16,18).